The molecule has 4 nitrogen and oxygen atoms in total. The van der Waals surface area contributed by atoms with Crippen LogP contribution >= 0.6 is 0 Å². The molecular formula is C23H20N2O2. The SMILES string of the molecule is O=C(O)c1ccc(Cc2nc3ccccc3n2CCc2ccccc2)cc1. The molecule has 0 aliphatic rings. The Labute approximate surface area is 157 Å². The molecule has 134 valence electrons. The van der Waals surface area contributed by atoms with Gasteiger partial charge in [-0.3, -0.25) is 0 Å². The van der Waals surface area contributed by atoms with Gasteiger partial charge in [-0.1, -0.05) is 54.6 Å². The van der Waals surface area contributed by atoms with Crippen LogP contribution in [0.25, 0.3) is 11.0 Å². The highest BCUT2D eigenvalue weighted by Crippen LogP contribution is 2.20. The number of fused-ring (bicyclic) bond motifs is 1. The van der Waals surface area contributed by atoms with E-state index in [4.69, 9.17) is 10.1 Å². The van der Waals surface area contributed by atoms with Gasteiger partial charge in [0.2, 0.25) is 0 Å². The lowest BCUT2D eigenvalue weighted by molar-refractivity contribution is 0.0697. The molecule has 4 aromatic rings. The molecule has 1 N–H and O–H groups in total. The monoisotopic (exact) mass is 356 g/mol. The van der Waals surface area contributed by atoms with E-state index < -0.39 is 5.97 Å². The first-order valence-corrected chi connectivity index (χ1v) is 9.01. The summed E-state index contributed by atoms with van der Waals surface area (Å²) in [7, 11) is 0. The molecule has 27 heavy (non-hydrogen) atoms. The van der Waals surface area contributed by atoms with Gasteiger partial charge in [-0.2, -0.15) is 0 Å². The number of aromatic carboxylic acids is 1. The van der Waals surface area contributed by atoms with E-state index in [1.807, 2.05) is 36.4 Å². The van der Waals surface area contributed by atoms with Crippen LogP contribution in [0.1, 0.15) is 27.3 Å². The molecule has 0 radical (unpaired) electrons. The fraction of sp³-hybridized carbons (Fsp3) is 0.130. The Kier molecular flexibility index (Phi) is 4.71. The van der Waals surface area contributed by atoms with E-state index in [1.54, 1.807) is 12.1 Å². The molecule has 0 bridgehead atoms. The third-order valence-corrected chi connectivity index (χ3v) is 4.76. The molecule has 4 rings (SSSR count). The van der Waals surface area contributed by atoms with E-state index in [1.165, 1.54) is 5.56 Å². The molecule has 0 unspecified atom stereocenters. The summed E-state index contributed by atoms with van der Waals surface area (Å²) in [6.07, 6.45) is 1.61. The highest BCUT2D eigenvalue weighted by atomic mass is 16.4. The summed E-state index contributed by atoms with van der Waals surface area (Å²) < 4.78 is 2.27. The molecule has 0 aliphatic carbocycles. The Balaban J connectivity index is 1.64. The number of aryl methyl sites for hydroxylation is 2. The lowest BCUT2D eigenvalue weighted by atomic mass is 10.1. The number of hydrogen-bond acceptors (Lipinski definition) is 2. The van der Waals surface area contributed by atoms with Gasteiger partial charge in [0, 0.05) is 13.0 Å². The van der Waals surface area contributed by atoms with Crippen molar-refractivity contribution in [3.63, 3.8) is 0 Å². The van der Waals surface area contributed by atoms with E-state index in [0.29, 0.717) is 12.0 Å². The maximum absolute atomic E-state index is 11.0. The van der Waals surface area contributed by atoms with Crippen LogP contribution in [0.4, 0.5) is 0 Å². The van der Waals surface area contributed by atoms with Crippen LogP contribution in [-0.4, -0.2) is 20.6 Å². The van der Waals surface area contributed by atoms with Gasteiger partial charge in [-0.25, -0.2) is 9.78 Å². The second kappa shape index (κ2) is 7.46. The van der Waals surface area contributed by atoms with Gasteiger partial charge in [0.1, 0.15) is 5.82 Å². The Morgan fingerprint density at radius 2 is 1.56 bits per heavy atom. The van der Waals surface area contributed by atoms with Crippen molar-refractivity contribution in [2.24, 2.45) is 0 Å². The smallest absolute Gasteiger partial charge is 0.335 e. The Morgan fingerprint density at radius 3 is 2.30 bits per heavy atom. The molecule has 0 spiro atoms. The number of carbonyl (C=O) groups is 1. The van der Waals surface area contributed by atoms with Gasteiger partial charge in [0.15, 0.2) is 0 Å². The molecule has 0 saturated heterocycles. The number of aromatic nitrogens is 2. The van der Waals surface area contributed by atoms with Gasteiger partial charge in [-0.15, -0.1) is 0 Å². The van der Waals surface area contributed by atoms with Crippen LogP contribution in [0.15, 0.2) is 78.9 Å². The van der Waals surface area contributed by atoms with E-state index in [2.05, 4.69) is 34.9 Å². The van der Waals surface area contributed by atoms with Crippen molar-refractivity contribution >= 4 is 17.0 Å². The maximum Gasteiger partial charge on any atom is 0.335 e. The molecule has 0 amide bonds. The normalized spacial score (nSPS) is 11.0. The standard InChI is InChI=1S/C23H20N2O2/c26-23(27)19-12-10-18(11-13-19)16-22-24-20-8-4-5-9-21(20)25(22)15-14-17-6-2-1-3-7-17/h1-13H,14-16H2,(H,26,27). The number of para-hydroxylation sites is 2. The Bertz CT molecular complexity index is 1070. The van der Waals surface area contributed by atoms with Gasteiger partial charge in [-0.05, 0) is 41.8 Å². The van der Waals surface area contributed by atoms with Gasteiger partial charge < -0.3 is 9.67 Å². The summed E-state index contributed by atoms with van der Waals surface area (Å²) in [5, 5.41) is 9.07. The van der Waals surface area contributed by atoms with Crippen molar-refractivity contribution in [3.8, 4) is 0 Å². The van der Waals surface area contributed by atoms with E-state index in [0.717, 1.165) is 35.4 Å². The van der Waals surface area contributed by atoms with Crippen molar-refractivity contribution in [1.82, 2.24) is 9.55 Å². The van der Waals surface area contributed by atoms with Gasteiger partial charge in [0.05, 0.1) is 16.6 Å². The third kappa shape index (κ3) is 3.75. The number of hydrogen-bond donors (Lipinski definition) is 1. The predicted molar refractivity (Wildman–Crippen MR) is 106 cm³/mol. The topological polar surface area (TPSA) is 55.1 Å². The predicted octanol–water partition coefficient (Wildman–Crippen LogP) is 4.57. The zero-order valence-electron chi connectivity index (χ0n) is 14.9. The first-order valence-electron chi connectivity index (χ1n) is 9.01. The van der Waals surface area contributed by atoms with Crippen LogP contribution in [-0.2, 0) is 19.4 Å². The molecular weight excluding hydrogens is 336 g/mol. The van der Waals surface area contributed by atoms with Crippen LogP contribution in [0.5, 0.6) is 0 Å². The average Bonchev–Trinajstić information content (AvgIpc) is 3.04. The maximum atomic E-state index is 11.0. The van der Waals surface area contributed by atoms with Gasteiger partial charge >= 0.3 is 5.97 Å². The minimum absolute atomic E-state index is 0.302. The summed E-state index contributed by atoms with van der Waals surface area (Å²) in [6, 6.07) is 25.6. The zero-order chi connectivity index (χ0) is 18.6. The minimum atomic E-state index is -0.906. The lowest BCUT2D eigenvalue weighted by Crippen LogP contribution is -2.07. The second-order valence-electron chi connectivity index (χ2n) is 6.58. The van der Waals surface area contributed by atoms with E-state index in [-0.39, 0.29) is 0 Å². The van der Waals surface area contributed by atoms with Crippen LogP contribution in [0.3, 0.4) is 0 Å². The van der Waals surface area contributed by atoms with Gasteiger partial charge in [0.25, 0.3) is 0 Å². The molecule has 0 atom stereocenters. The Hall–Kier alpha value is -3.40. The van der Waals surface area contributed by atoms with Crippen molar-refractivity contribution < 1.29 is 9.90 Å². The fourth-order valence-electron chi connectivity index (χ4n) is 3.34. The highest BCUT2D eigenvalue weighted by molar-refractivity contribution is 5.87. The molecule has 0 aliphatic heterocycles. The molecule has 3 aromatic carbocycles. The largest absolute Gasteiger partial charge is 0.478 e. The first kappa shape index (κ1) is 17.0. The van der Waals surface area contributed by atoms with E-state index in [9.17, 15) is 4.79 Å². The summed E-state index contributed by atoms with van der Waals surface area (Å²) in [5.74, 6) is 0.0897. The molecule has 1 heterocycles. The van der Waals surface area contributed by atoms with Crippen LogP contribution in [0.2, 0.25) is 0 Å². The molecule has 1 aromatic heterocycles. The molecule has 0 fully saturated rings. The van der Waals surface area contributed by atoms with E-state index >= 15 is 0 Å². The van der Waals surface area contributed by atoms with Crippen molar-refractivity contribution in [2.45, 2.75) is 19.4 Å². The fourth-order valence-corrected chi connectivity index (χ4v) is 3.34. The zero-order valence-corrected chi connectivity index (χ0v) is 14.9. The number of rotatable bonds is 6. The second-order valence-corrected chi connectivity index (χ2v) is 6.58. The summed E-state index contributed by atoms with van der Waals surface area (Å²) in [6.45, 7) is 0.854. The highest BCUT2D eigenvalue weighted by Gasteiger charge is 2.12. The lowest BCUT2D eigenvalue weighted by Gasteiger charge is -2.10. The third-order valence-electron chi connectivity index (χ3n) is 4.76. The minimum Gasteiger partial charge on any atom is -0.478 e. The van der Waals surface area contributed by atoms with Crippen LogP contribution < -0.4 is 0 Å². The van der Waals surface area contributed by atoms with Crippen LogP contribution in [0, 0.1) is 0 Å². The number of benzene rings is 3. The molecule has 4 heteroatoms. The quantitative estimate of drug-likeness (QED) is 0.551. The molecule has 0 saturated carbocycles. The number of imidazole rings is 1. The number of carboxylic acid groups (broad SMARTS) is 1. The first-order chi connectivity index (χ1) is 13.2. The van der Waals surface area contributed by atoms with Crippen molar-refractivity contribution in [2.75, 3.05) is 0 Å². The summed E-state index contributed by atoms with van der Waals surface area (Å²) in [5.41, 5.74) is 4.77. The Morgan fingerprint density at radius 1 is 0.852 bits per heavy atom. The van der Waals surface area contributed by atoms with Crippen molar-refractivity contribution in [1.29, 1.82) is 0 Å². The van der Waals surface area contributed by atoms with Crippen molar-refractivity contribution in [3.05, 3.63) is 101 Å². The average molecular weight is 356 g/mol. The number of nitrogens with zero attached hydrogens (tertiary/aromatic N) is 2. The summed E-state index contributed by atoms with van der Waals surface area (Å²) >= 11 is 0. The number of carboxylic acids is 1. The summed E-state index contributed by atoms with van der Waals surface area (Å²) in [4.78, 5) is 15.9.